The SMILES string of the molecule is CCOC(=O)c1c(-c2ccc(C)cc2)cc(-c2ccccc2)nc1N. The molecule has 2 N–H and O–H groups in total. The first-order valence-corrected chi connectivity index (χ1v) is 8.20. The van der Waals surface area contributed by atoms with Crippen molar-refractivity contribution in [2.24, 2.45) is 0 Å². The molecule has 0 saturated carbocycles. The van der Waals surface area contributed by atoms with Crippen LogP contribution in [0.15, 0.2) is 60.7 Å². The number of carbonyl (C=O) groups excluding carboxylic acids is 1. The highest BCUT2D eigenvalue weighted by Crippen LogP contribution is 2.32. The van der Waals surface area contributed by atoms with Crippen LogP contribution in [0.4, 0.5) is 5.82 Å². The van der Waals surface area contributed by atoms with Crippen molar-refractivity contribution in [2.75, 3.05) is 12.3 Å². The van der Waals surface area contributed by atoms with E-state index >= 15 is 0 Å². The fraction of sp³-hybridized carbons (Fsp3) is 0.143. The molecule has 0 fully saturated rings. The van der Waals surface area contributed by atoms with Crippen molar-refractivity contribution in [3.63, 3.8) is 0 Å². The number of pyridine rings is 1. The van der Waals surface area contributed by atoms with E-state index in [9.17, 15) is 4.79 Å². The van der Waals surface area contributed by atoms with Gasteiger partial charge in [0.25, 0.3) is 0 Å². The Morgan fingerprint density at radius 3 is 2.36 bits per heavy atom. The fourth-order valence-electron chi connectivity index (χ4n) is 2.70. The Labute approximate surface area is 147 Å². The van der Waals surface area contributed by atoms with Crippen LogP contribution in [0, 0.1) is 6.92 Å². The van der Waals surface area contributed by atoms with Crippen LogP contribution in [0.5, 0.6) is 0 Å². The Hall–Kier alpha value is -3.14. The summed E-state index contributed by atoms with van der Waals surface area (Å²) in [6.45, 7) is 4.07. The van der Waals surface area contributed by atoms with E-state index in [-0.39, 0.29) is 12.4 Å². The lowest BCUT2D eigenvalue weighted by molar-refractivity contribution is 0.0528. The molecule has 126 valence electrons. The van der Waals surface area contributed by atoms with E-state index < -0.39 is 5.97 Å². The molecule has 0 atom stereocenters. The van der Waals surface area contributed by atoms with E-state index in [1.165, 1.54) is 0 Å². The maximum atomic E-state index is 12.4. The quantitative estimate of drug-likeness (QED) is 0.715. The van der Waals surface area contributed by atoms with Crippen molar-refractivity contribution >= 4 is 11.8 Å². The molecule has 2 aromatic carbocycles. The highest BCUT2D eigenvalue weighted by atomic mass is 16.5. The molecular formula is C21H20N2O2. The van der Waals surface area contributed by atoms with Crippen molar-refractivity contribution in [2.45, 2.75) is 13.8 Å². The van der Waals surface area contributed by atoms with Crippen LogP contribution in [0.25, 0.3) is 22.4 Å². The van der Waals surface area contributed by atoms with Gasteiger partial charge in [0, 0.05) is 11.1 Å². The van der Waals surface area contributed by atoms with Gasteiger partial charge in [0.2, 0.25) is 0 Å². The molecule has 1 heterocycles. The zero-order valence-corrected chi connectivity index (χ0v) is 14.3. The zero-order valence-electron chi connectivity index (χ0n) is 14.3. The third-order valence-electron chi connectivity index (χ3n) is 3.96. The van der Waals surface area contributed by atoms with Gasteiger partial charge in [-0.25, -0.2) is 9.78 Å². The number of ether oxygens (including phenoxy) is 1. The number of rotatable bonds is 4. The highest BCUT2D eigenvalue weighted by Gasteiger charge is 2.20. The molecule has 0 aliphatic heterocycles. The van der Waals surface area contributed by atoms with Crippen LogP contribution in [0.3, 0.4) is 0 Å². The number of aromatic nitrogens is 1. The van der Waals surface area contributed by atoms with Crippen molar-refractivity contribution in [3.05, 3.63) is 71.8 Å². The molecule has 0 unspecified atom stereocenters. The molecule has 0 bridgehead atoms. The lowest BCUT2D eigenvalue weighted by Crippen LogP contribution is -2.12. The number of esters is 1. The molecule has 25 heavy (non-hydrogen) atoms. The van der Waals surface area contributed by atoms with Crippen LogP contribution >= 0.6 is 0 Å². The van der Waals surface area contributed by atoms with Gasteiger partial charge >= 0.3 is 5.97 Å². The van der Waals surface area contributed by atoms with E-state index in [0.717, 1.165) is 27.9 Å². The molecule has 3 rings (SSSR count). The van der Waals surface area contributed by atoms with Gasteiger partial charge in [-0.1, -0.05) is 60.2 Å². The van der Waals surface area contributed by atoms with Gasteiger partial charge in [-0.05, 0) is 25.5 Å². The number of anilines is 1. The first kappa shape index (κ1) is 16.7. The van der Waals surface area contributed by atoms with Gasteiger partial charge < -0.3 is 10.5 Å². The van der Waals surface area contributed by atoms with E-state index in [2.05, 4.69) is 4.98 Å². The second-order valence-electron chi connectivity index (χ2n) is 5.77. The van der Waals surface area contributed by atoms with Crippen LogP contribution < -0.4 is 5.73 Å². The van der Waals surface area contributed by atoms with E-state index in [0.29, 0.717) is 5.56 Å². The highest BCUT2D eigenvalue weighted by molar-refractivity contribution is 6.02. The first-order chi connectivity index (χ1) is 12.1. The summed E-state index contributed by atoms with van der Waals surface area (Å²) in [6, 6.07) is 19.6. The Morgan fingerprint density at radius 2 is 1.72 bits per heavy atom. The summed E-state index contributed by atoms with van der Waals surface area (Å²) in [5.41, 5.74) is 10.9. The smallest absolute Gasteiger partial charge is 0.342 e. The minimum Gasteiger partial charge on any atom is -0.462 e. The fourth-order valence-corrected chi connectivity index (χ4v) is 2.70. The van der Waals surface area contributed by atoms with Crippen molar-refractivity contribution in [1.29, 1.82) is 0 Å². The average molecular weight is 332 g/mol. The Bertz CT molecular complexity index is 888. The zero-order chi connectivity index (χ0) is 17.8. The number of nitrogens with zero attached hydrogens (tertiary/aromatic N) is 1. The lowest BCUT2D eigenvalue weighted by Gasteiger charge is -2.14. The molecule has 0 aliphatic carbocycles. The summed E-state index contributed by atoms with van der Waals surface area (Å²) in [6.07, 6.45) is 0. The van der Waals surface area contributed by atoms with Crippen LogP contribution in [0.1, 0.15) is 22.8 Å². The predicted octanol–water partition coefficient (Wildman–Crippen LogP) is 4.48. The van der Waals surface area contributed by atoms with Crippen molar-refractivity contribution < 1.29 is 9.53 Å². The summed E-state index contributed by atoms with van der Waals surface area (Å²) >= 11 is 0. The number of nitrogen functional groups attached to an aromatic ring is 1. The van der Waals surface area contributed by atoms with Crippen LogP contribution in [-0.2, 0) is 4.74 Å². The molecule has 0 amide bonds. The molecule has 4 nitrogen and oxygen atoms in total. The number of hydrogen-bond donors (Lipinski definition) is 1. The molecule has 0 saturated heterocycles. The molecule has 0 aliphatic rings. The average Bonchev–Trinajstić information content (AvgIpc) is 2.62. The molecule has 1 aromatic heterocycles. The van der Waals surface area contributed by atoms with Crippen molar-refractivity contribution in [1.82, 2.24) is 4.98 Å². The van der Waals surface area contributed by atoms with Gasteiger partial charge in [0.1, 0.15) is 11.4 Å². The predicted molar refractivity (Wildman–Crippen MR) is 100 cm³/mol. The van der Waals surface area contributed by atoms with Gasteiger partial charge in [0.05, 0.1) is 12.3 Å². The van der Waals surface area contributed by atoms with E-state index in [1.54, 1.807) is 6.92 Å². The monoisotopic (exact) mass is 332 g/mol. The third-order valence-corrected chi connectivity index (χ3v) is 3.96. The summed E-state index contributed by atoms with van der Waals surface area (Å²) in [7, 11) is 0. The summed E-state index contributed by atoms with van der Waals surface area (Å²) < 4.78 is 5.18. The van der Waals surface area contributed by atoms with Crippen LogP contribution in [-0.4, -0.2) is 17.6 Å². The van der Waals surface area contributed by atoms with Gasteiger partial charge in [0.15, 0.2) is 0 Å². The minimum atomic E-state index is -0.456. The number of carbonyl (C=O) groups is 1. The molecule has 4 heteroatoms. The molecule has 0 spiro atoms. The Kier molecular flexibility index (Phi) is 4.80. The topological polar surface area (TPSA) is 65.2 Å². The maximum absolute atomic E-state index is 12.4. The number of nitrogens with two attached hydrogens (primary N) is 1. The van der Waals surface area contributed by atoms with E-state index in [4.69, 9.17) is 10.5 Å². The molecule has 0 radical (unpaired) electrons. The van der Waals surface area contributed by atoms with Gasteiger partial charge in [-0.3, -0.25) is 0 Å². The summed E-state index contributed by atoms with van der Waals surface area (Å²) in [4.78, 5) is 16.9. The summed E-state index contributed by atoms with van der Waals surface area (Å²) in [5, 5.41) is 0. The largest absolute Gasteiger partial charge is 0.462 e. The molecular weight excluding hydrogens is 312 g/mol. The van der Waals surface area contributed by atoms with Gasteiger partial charge in [-0.15, -0.1) is 0 Å². The number of benzene rings is 2. The first-order valence-electron chi connectivity index (χ1n) is 8.20. The van der Waals surface area contributed by atoms with E-state index in [1.807, 2.05) is 67.6 Å². The lowest BCUT2D eigenvalue weighted by atomic mass is 9.97. The van der Waals surface area contributed by atoms with Gasteiger partial charge in [-0.2, -0.15) is 0 Å². The standard InChI is InChI=1S/C21H20N2O2/c1-3-25-21(24)19-17(15-11-9-14(2)10-12-15)13-18(23-20(19)22)16-7-5-4-6-8-16/h4-13H,3H2,1-2H3,(H2,22,23). The Morgan fingerprint density at radius 1 is 1.04 bits per heavy atom. The van der Waals surface area contributed by atoms with Crippen molar-refractivity contribution in [3.8, 4) is 22.4 Å². The van der Waals surface area contributed by atoms with Crippen LogP contribution in [0.2, 0.25) is 0 Å². The Balaban J connectivity index is 2.21. The maximum Gasteiger partial charge on any atom is 0.342 e. The second kappa shape index (κ2) is 7.18. The number of aryl methyl sites for hydroxylation is 1. The molecule has 3 aromatic rings. The summed E-state index contributed by atoms with van der Waals surface area (Å²) in [5.74, 6) is -0.280. The normalized spacial score (nSPS) is 10.5. The number of hydrogen-bond acceptors (Lipinski definition) is 4. The second-order valence-corrected chi connectivity index (χ2v) is 5.77. The third kappa shape index (κ3) is 3.53. The minimum absolute atomic E-state index is 0.176.